The Morgan fingerprint density at radius 3 is 2.39 bits per heavy atom. The third-order valence-electron chi connectivity index (χ3n) is 5.14. The Balaban J connectivity index is 1.71. The number of para-hydroxylation sites is 1. The van der Waals surface area contributed by atoms with Gasteiger partial charge in [0, 0.05) is 10.7 Å². The smallest absolute Gasteiger partial charge is 0.267 e. The van der Waals surface area contributed by atoms with E-state index in [1.165, 1.54) is 22.5 Å². The van der Waals surface area contributed by atoms with E-state index in [1.807, 2.05) is 32.0 Å². The van der Waals surface area contributed by atoms with Gasteiger partial charge in [-0.1, -0.05) is 48.0 Å². The molecule has 0 saturated heterocycles. The molecule has 3 aromatic carbocycles. The molecule has 160 valence electrons. The van der Waals surface area contributed by atoms with Crippen molar-refractivity contribution < 1.29 is 17.9 Å². The van der Waals surface area contributed by atoms with E-state index in [4.69, 9.17) is 16.3 Å². The summed E-state index contributed by atoms with van der Waals surface area (Å²) in [5.74, 6) is -0.150. The van der Waals surface area contributed by atoms with Gasteiger partial charge in [-0.3, -0.25) is 9.10 Å². The summed E-state index contributed by atoms with van der Waals surface area (Å²) in [6.45, 7) is 3.61. The molecule has 1 amide bonds. The fourth-order valence-corrected chi connectivity index (χ4v) is 5.18. The molecule has 1 heterocycles. The van der Waals surface area contributed by atoms with Crippen LogP contribution in [0.4, 0.5) is 11.4 Å². The molecule has 0 fully saturated rings. The van der Waals surface area contributed by atoms with Crippen LogP contribution in [0.3, 0.4) is 0 Å². The largest absolute Gasteiger partial charge is 0.476 e. The molecule has 0 aliphatic carbocycles. The summed E-state index contributed by atoms with van der Waals surface area (Å²) in [6.07, 6.45) is -1.04. The van der Waals surface area contributed by atoms with Crippen LogP contribution in [0.15, 0.2) is 71.6 Å². The predicted molar refractivity (Wildman–Crippen MR) is 121 cm³/mol. The molecular weight excluding hydrogens is 436 g/mol. The molecule has 6 nitrogen and oxygen atoms in total. The number of amides is 1. The number of halogens is 1. The fraction of sp³-hybridized carbons (Fsp3) is 0.174. The third kappa shape index (κ3) is 4.11. The highest BCUT2D eigenvalue weighted by Crippen LogP contribution is 2.39. The van der Waals surface area contributed by atoms with Crippen LogP contribution >= 0.6 is 11.6 Å². The summed E-state index contributed by atoms with van der Waals surface area (Å²) < 4.78 is 33.9. The van der Waals surface area contributed by atoms with E-state index < -0.39 is 22.0 Å². The number of carbonyl (C=O) groups excluding carboxylic acids is 1. The number of aryl methyl sites for hydroxylation is 2. The van der Waals surface area contributed by atoms with Gasteiger partial charge in [-0.25, -0.2) is 8.42 Å². The first-order valence-corrected chi connectivity index (χ1v) is 11.5. The van der Waals surface area contributed by atoms with Crippen LogP contribution in [0.25, 0.3) is 0 Å². The van der Waals surface area contributed by atoms with Gasteiger partial charge >= 0.3 is 0 Å². The van der Waals surface area contributed by atoms with Crippen molar-refractivity contribution >= 4 is 38.9 Å². The minimum absolute atomic E-state index is 0.122. The number of nitrogens with zero attached hydrogens (tertiary/aromatic N) is 1. The molecule has 0 saturated carbocycles. The Morgan fingerprint density at radius 2 is 1.71 bits per heavy atom. The molecule has 0 aromatic heterocycles. The molecule has 4 rings (SSSR count). The van der Waals surface area contributed by atoms with Gasteiger partial charge in [0.2, 0.25) is 0 Å². The zero-order chi connectivity index (χ0) is 22.2. The molecule has 0 spiro atoms. The number of anilines is 2. The summed E-state index contributed by atoms with van der Waals surface area (Å²) in [5.41, 5.74) is 2.80. The first-order chi connectivity index (χ1) is 14.8. The van der Waals surface area contributed by atoms with Crippen molar-refractivity contribution in [3.8, 4) is 5.75 Å². The van der Waals surface area contributed by atoms with Crippen molar-refractivity contribution in [1.29, 1.82) is 0 Å². The standard InChI is InChI=1S/C23H21ClN2O4S/c1-15-7-6-8-16(2)22(15)25-23(27)21-14-26(19-13-17(24)11-12-20(19)30-21)31(28,29)18-9-4-3-5-10-18/h3-13,21H,14H2,1-2H3,(H,25,27). The monoisotopic (exact) mass is 456 g/mol. The van der Waals surface area contributed by atoms with Crippen LogP contribution in [0.2, 0.25) is 5.02 Å². The highest BCUT2D eigenvalue weighted by Gasteiger charge is 2.38. The van der Waals surface area contributed by atoms with E-state index in [-0.39, 0.29) is 17.2 Å². The van der Waals surface area contributed by atoms with Crippen LogP contribution in [0.5, 0.6) is 5.75 Å². The van der Waals surface area contributed by atoms with Crippen LogP contribution in [-0.2, 0) is 14.8 Å². The van der Waals surface area contributed by atoms with Crippen LogP contribution < -0.4 is 14.4 Å². The summed E-state index contributed by atoms with van der Waals surface area (Å²) in [5, 5.41) is 3.26. The normalized spacial score (nSPS) is 15.7. The van der Waals surface area contributed by atoms with Crippen molar-refractivity contribution in [1.82, 2.24) is 0 Å². The lowest BCUT2D eigenvalue weighted by molar-refractivity contribution is -0.122. The molecule has 0 bridgehead atoms. The maximum atomic E-state index is 13.4. The van der Waals surface area contributed by atoms with E-state index in [2.05, 4.69) is 5.32 Å². The van der Waals surface area contributed by atoms with Crippen LogP contribution in [-0.4, -0.2) is 27.0 Å². The molecule has 1 unspecified atom stereocenters. The van der Waals surface area contributed by atoms with Gasteiger partial charge in [0.15, 0.2) is 6.10 Å². The Kier molecular flexibility index (Phi) is 5.64. The van der Waals surface area contributed by atoms with Crippen LogP contribution in [0.1, 0.15) is 11.1 Å². The van der Waals surface area contributed by atoms with Gasteiger partial charge in [0.25, 0.3) is 15.9 Å². The average Bonchev–Trinajstić information content (AvgIpc) is 2.76. The zero-order valence-corrected chi connectivity index (χ0v) is 18.6. The van der Waals surface area contributed by atoms with Gasteiger partial charge < -0.3 is 10.1 Å². The average molecular weight is 457 g/mol. The minimum Gasteiger partial charge on any atom is -0.476 e. The van der Waals surface area contributed by atoms with Gasteiger partial charge in [-0.15, -0.1) is 0 Å². The molecule has 1 aliphatic heterocycles. The number of nitrogens with one attached hydrogen (secondary N) is 1. The number of benzene rings is 3. The third-order valence-corrected chi connectivity index (χ3v) is 7.17. The second-order valence-electron chi connectivity index (χ2n) is 7.32. The fourth-order valence-electron chi connectivity index (χ4n) is 3.52. The number of ether oxygens (including phenoxy) is 1. The second kappa shape index (κ2) is 8.24. The summed E-state index contributed by atoms with van der Waals surface area (Å²) in [7, 11) is -3.93. The van der Waals surface area contributed by atoms with Crippen molar-refractivity contribution in [3.63, 3.8) is 0 Å². The number of carbonyl (C=O) groups is 1. The molecule has 1 atom stereocenters. The quantitative estimate of drug-likeness (QED) is 0.624. The highest BCUT2D eigenvalue weighted by molar-refractivity contribution is 7.92. The first kappa shape index (κ1) is 21.2. The summed E-state index contributed by atoms with van der Waals surface area (Å²) >= 11 is 6.12. The lowest BCUT2D eigenvalue weighted by Gasteiger charge is -2.35. The lowest BCUT2D eigenvalue weighted by Crippen LogP contribution is -2.49. The van der Waals surface area contributed by atoms with Crippen molar-refractivity contribution in [2.75, 3.05) is 16.2 Å². The lowest BCUT2D eigenvalue weighted by atomic mass is 10.1. The zero-order valence-electron chi connectivity index (χ0n) is 17.0. The molecular formula is C23H21ClN2O4S. The molecule has 31 heavy (non-hydrogen) atoms. The second-order valence-corrected chi connectivity index (χ2v) is 9.62. The first-order valence-electron chi connectivity index (χ1n) is 9.68. The number of fused-ring (bicyclic) bond motifs is 1. The topological polar surface area (TPSA) is 75.7 Å². The summed E-state index contributed by atoms with van der Waals surface area (Å²) in [4.78, 5) is 13.2. The SMILES string of the molecule is Cc1cccc(C)c1NC(=O)C1CN(S(=O)(=O)c2ccccc2)c2cc(Cl)ccc2O1. The maximum absolute atomic E-state index is 13.4. The van der Waals surface area contributed by atoms with Crippen LogP contribution in [0, 0.1) is 13.8 Å². The Labute approximate surface area is 186 Å². The van der Waals surface area contributed by atoms with Crippen molar-refractivity contribution in [2.45, 2.75) is 24.8 Å². The van der Waals surface area contributed by atoms with Gasteiger partial charge in [0.05, 0.1) is 17.1 Å². The van der Waals surface area contributed by atoms with Crippen molar-refractivity contribution in [3.05, 3.63) is 82.9 Å². The molecule has 1 aliphatic rings. The van der Waals surface area contributed by atoms with E-state index in [0.29, 0.717) is 16.4 Å². The van der Waals surface area contributed by atoms with Gasteiger partial charge in [-0.2, -0.15) is 0 Å². The Morgan fingerprint density at radius 1 is 1.03 bits per heavy atom. The Bertz CT molecular complexity index is 1230. The summed E-state index contributed by atoms with van der Waals surface area (Å²) in [6, 6.07) is 18.5. The van der Waals surface area contributed by atoms with E-state index in [0.717, 1.165) is 11.1 Å². The highest BCUT2D eigenvalue weighted by atomic mass is 35.5. The Hall–Kier alpha value is -3.03. The molecule has 0 radical (unpaired) electrons. The number of rotatable bonds is 4. The molecule has 8 heteroatoms. The van der Waals surface area contributed by atoms with Gasteiger partial charge in [0.1, 0.15) is 5.75 Å². The molecule has 1 N–H and O–H groups in total. The molecule has 3 aromatic rings. The number of sulfonamides is 1. The minimum atomic E-state index is -3.93. The maximum Gasteiger partial charge on any atom is 0.267 e. The van der Waals surface area contributed by atoms with Gasteiger partial charge in [-0.05, 0) is 55.3 Å². The number of hydrogen-bond donors (Lipinski definition) is 1. The number of hydrogen-bond acceptors (Lipinski definition) is 4. The van der Waals surface area contributed by atoms with E-state index in [9.17, 15) is 13.2 Å². The van der Waals surface area contributed by atoms with E-state index >= 15 is 0 Å². The van der Waals surface area contributed by atoms with Crippen molar-refractivity contribution in [2.24, 2.45) is 0 Å². The van der Waals surface area contributed by atoms with E-state index in [1.54, 1.807) is 30.3 Å². The predicted octanol–water partition coefficient (Wildman–Crippen LogP) is 4.55.